The Morgan fingerprint density at radius 3 is 2.40 bits per heavy atom. The Morgan fingerprint density at radius 1 is 1.20 bits per heavy atom. The van der Waals surface area contributed by atoms with E-state index in [0.29, 0.717) is 23.6 Å². The van der Waals surface area contributed by atoms with Crippen LogP contribution in [0.5, 0.6) is 0 Å². The first-order chi connectivity index (χ1) is 7.07. The molecule has 2 atom stereocenters. The molecule has 2 rings (SSSR count). The molecule has 0 aromatic rings. The van der Waals surface area contributed by atoms with Gasteiger partial charge >= 0.3 is 0 Å². The third kappa shape index (κ3) is 2.92. The monoisotopic (exact) mass is 233 g/mol. The van der Waals surface area contributed by atoms with Crippen molar-refractivity contribution in [2.24, 2.45) is 0 Å². The van der Waals surface area contributed by atoms with Gasteiger partial charge in [0, 0.05) is 18.7 Å². The molecule has 0 aromatic carbocycles. The zero-order valence-corrected chi connectivity index (χ0v) is 9.92. The van der Waals surface area contributed by atoms with Crippen molar-refractivity contribution in [3.8, 4) is 0 Å². The molecule has 0 bridgehead atoms. The van der Waals surface area contributed by atoms with E-state index in [1.54, 1.807) is 0 Å². The zero-order chi connectivity index (χ0) is 10.9. The van der Waals surface area contributed by atoms with Crippen LogP contribution in [-0.4, -0.2) is 44.7 Å². The first-order valence-corrected chi connectivity index (χ1v) is 7.47. The smallest absolute Gasteiger partial charge is 0.150 e. The standard InChI is InChI=1S/C10H19NO3S/c1-8-10(2-5-14-8)11-9-3-6-15(12,13)7-4-9/h8-11H,2-7H2,1H3. The summed E-state index contributed by atoms with van der Waals surface area (Å²) < 4.78 is 28.0. The van der Waals surface area contributed by atoms with E-state index in [9.17, 15) is 8.42 Å². The Balaban J connectivity index is 1.81. The van der Waals surface area contributed by atoms with Crippen LogP contribution in [0.25, 0.3) is 0 Å². The maximum absolute atomic E-state index is 11.2. The van der Waals surface area contributed by atoms with Gasteiger partial charge in [0.15, 0.2) is 0 Å². The Labute approximate surface area is 91.3 Å². The number of ether oxygens (including phenoxy) is 1. The minimum Gasteiger partial charge on any atom is -0.377 e. The van der Waals surface area contributed by atoms with Crippen LogP contribution in [0.15, 0.2) is 0 Å². The number of hydrogen-bond donors (Lipinski definition) is 1. The topological polar surface area (TPSA) is 55.4 Å². The molecule has 0 aliphatic carbocycles. The zero-order valence-electron chi connectivity index (χ0n) is 9.11. The van der Waals surface area contributed by atoms with Gasteiger partial charge in [-0.2, -0.15) is 0 Å². The highest BCUT2D eigenvalue weighted by Crippen LogP contribution is 2.18. The van der Waals surface area contributed by atoms with E-state index in [4.69, 9.17) is 4.74 Å². The highest BCUT2D eigenvalue weighted by molar-refractivity contribution is 7.91. The van der Waals surface area contributed by atoms with Gasteiger partial charge in [-0.15, -0.1) is 0 Å². The third-order valence-corrected chi connectivity index (χ3v) is 5.10. The van der Waals surface area contributed by atoms with Gasteiger partial charge in [0.2, 0.25) is 0 Å². The molecule has 1 N–H and O–H groups in total. The second kappa shape index (κ2) is 4.39. The summed E-state index contributed by atoms with van der Waals surface area (Å²) in [6.45, 7) is 2.90. The molecule has 15 heavy (non-hydrogen) atoms. The van der Waals surface area contributed by atoms with E-state index in [1.807, 2.05) is 0 Å². The summed E-state index contributed by atoms with van der Waals surface area (Å²) in [5, 5.41) is 3.52. The van der Waals surface area contributed by atoms with Gasteiger partial charge in [-0.3, -0.25) is 0 Å². The number of hydrogen-bond acceptors (Lipinski definition) is 4. The molecule has 2 aliphatic heterocycles. The highest BCUT2D eigenvalue weighted by atomic mass is 32.2. The fraction of sp³-hybridized carbons (Fsp3) is 1.00. The second-order valence-electron chi connectivity index (χ2n) is 4.56. The molecule has 2 fully saturated rings. The fourth-order valence-electron chi connectivity index (χ4n) is 2.31. The van der Waals surface area contributed by atoms with Crippen molar-refractivity contribution in [2.45, 2.75) is 44.4 Å². The van der Waals surface area contributed by atoms with Crippen molar-refractivity contribution in [3.05, 3.63) is 0 Å². The first kappa shape index (κ1) is 11.4. The summed E-state index contributed by atoms with van der Waals surface area (Å²) in [5.74, 6) is 0.680. The SMILES string of the molecule is CC1OCCC1NC1CCS(=O)(=O)CC1. The van der Waals surface area contributed by atoms with Crippen molar-refractivity contribution in [1.29, 1.82) is 0 Å². The number of sulfone groups is 1. The predicted molar refractivity (Wildman–Crippen MR) is 58.6 cm³/mol. The molecular weight excluding hydrogens is 214 g/mol. The summed E-state index contributed by atoms with van der Waals surface area (Å²) in [6, 6.07) is 0.776. The van der Waals surface area contributed by atoms with Crippen LogP contribution < -0.4 is 5.32 Å². The lowest BCUT2D eigenvalue weighted by atomic mass is 10.1. The molecule has 0 radical (unpaired) electrons. The van der Waals surface area contributed by atoms with Crippen molar-refractivity contribution < 1.29 is 13.2 Å². The van der Waals surface area contributed by atoms with E-state index < -0.39 is 9.84 Å². The Kier molecular flexibility index (Phi) is 3.33. The van der Waals surface area contributed by atoms with E-state index in [1.165, 1.54) is 0 Å². The van der Waals surface area contributed by atoms with Gasteiger partial charge in [0.05, 0.1) is 17.6 Å². The largest absolute Gasteiger partial charge is 0.377 e. The highest BCUT2D eigenvalue weighted by Gasteiger charge is 2.29. The van der Waals surface area contributed by atoms with Crippen molar-refractivity contribution in [3.63, 3.8) is 0 Å². The minimum absolute atomic E-state index is 0.267. The van der Waals surface area contributed by atoms with Crippen LogP contribution in [0.3, 0.4) is 0 Å². The van der Waals surface area contributed by atoms with Gasteiger partial charge in [-0.05, 0) is 26.2 Å². The van der Waals surface area contributed by atoms with E-state index in [0.717, 1.165) is 25.9 Å². The van der Waals surface area contributed by atoms with Crippen molar-refractivity contribution in [2.75, 3.05) is 18.1 Å². The molecule has 0 saturated carbocycles. The summed E-state index contributed by atoms with van der Waals surface area (Å²) in [7, 11) is -2.73. The summed E-state index contributed by atoms with van der Waals surface area (Å²) in [5.41, 5.74) is 0. The number of rotatable bonds is 2. The summed E-state index contributed by atoms with van der Waals surface area (Å²) >= 11 is 0. The lowest BCUT2D eigenvalue weighted by Gasteiger charge is -2.27. The molecule has 2 aliphatic rings. The average Bonchev–Trinajstić information content (AvgIpc) is 2.56. The maximum Gasteiger partial charge on any atom is 0.150 e. The van der Waals surface area contributed by atoms with Gasteiger partial charge < -0.3 is 10.1 Å². The summed E-state index contributed by atoms with van der Waals surface area (Å²) in [6.07, 6.45) is 2.82. The molecule has 2 unspecified atom stereocenters. The van der Waals surface area contributed by atoms with Crippen molar-refractivity contribution >= 4 is 9.84 Å². The molecule has 4 nitrogen and oxygen atoms in total. The van der Waals surface area contributed by atoms with Gasteiger partial charge in [-0.25, -0.2) is 8.42 Å². The fourth-order valence-corrected chi connectivity index (χ4v) is 3.80. The summed E-state index contributed by atoms with van der Waals surface area (Å²) in [4.78, 5) is 0. The normalized spacial score (nSPS) is 36.9. The molecule has 2 saturated heterocycles. The van der Waals surface area contributed by atoms with E-state index >= 15 is 0 Å². The maximum atomic E-state index is 11.2. The lowest BCUT2D eigenvalue weighted by molar-refractivity contribution is 0.110. The Hall–Kier alpha value is -0.130. The molecule has 0 amide bonds. The predicted octanol–water partition coefficient (Wildman–Crippen LogP) is 0.331. The molecule has 5 heteroatoms. The van der Waals surface area contributed by atoms with Crippen molar-refractivity contribution in [1.82, 2.24) is 5.32 Å². The third-order valence-electron chi connectivity index (χ3n) is 3.38. The lowest BCUT2D eigenvalue weighted by Crippen LogP contribution is -2.45. The van der Waals surface area contributed by atoms with E-state index in [2.05, 4.69) is 12.2 Å². The van der Waals surface area contributed by atoms with Crippen LogP contribution in [0.4, 0.5) is 0 Å². The number of nitrogens with one attached hydrogen (secondary N) is 1. The van der Waals surface area contributed by atoms with Gasteiger partial charge in [0.1, 0.15) is 9.84 Å². The van der Waals surface area contributed by atoms with Crippen LogP contribution in [0.2, 0.25) is 0 Å². The molecule has 0 aromatic heterocycles. The minimum atomic E-state index is -2.73. The molecule has 0 spiro atoms. The average molecular weight is 233 g/mol. The molecule has 2 heterocycles. The van der Waals surface area contributed by atoms with E-state index in [-0.39, 0.29) is 6.10 Å². The quantitative estimate of drug-likeness (QED) is 0.747. The van der Waals surface area contributed by atoms with Gasteiger partial charge in [0.25, 0.3) is 0 Å². The van der Waals surface area contributed by atoms with Crippen LogP contribution >= 0.6 is 0 Å². The Morgan fingerprint density at radius 2 is 1.87 bits per heavy atom. The van der Waals surface area contributed by atoms with Crippen LogP contribution in [0.1, 0.15) is 26.2 Å². The van der Waals surface area contributed by atoms with Crippen LogP contribution in [0, 0.1) is 0 Å². The Bertz CT molecular complexity index is 301. The molecular formula is C10H19NO3S. The first-order valence-electron chi connectivity index (χ1n) is 5.65. The van der Waals surface area contributed by atoms with Crippen LogP contribution in [-0.2, 0) is 14.6 Å². The molecule has 88 valence electrons. The van der Waals surface area contributed by atoms with Gasteiger partial charge in [-0.1, -0.05) is 0 Å². The second-order valence-corrected chi connectivity index (χ2v) is 6.87.